The minimum absolute atomic E-state index is 0.0626. The third-order valence-corrected chi connectivity index (χ3v) is 5.06. The summed E-state index contributed by atoms with van der Waals surface area (Å²) in [5.41, 5.74) is 17.1. The highest BCUT2D eigenvalue weighted by Crippen LogP contribution is 2.06. The number of unbranched alkanes of at least 4 members (excludes halogenated alkanes) is 1. The van der Waals surface area contributed by atoms with E-state index in [4.69, 9.17) is 22.3 Å². The van der Waals surface area contributed by atoms with Crippen LogP contribution in [0.5, 0.6) is 0 Å². The molecule has 1 aromatic rings. The van der Waals surface area contributed by atoms with E-state index < -0.39 is 66.8 Å². The van der Waals surface area contributed by atoms with E-state index >= 15 is 0 Å². The van der Waals surface area contributed by atoms with Crippen LogP contribution < -0.4 is 33.2 Å². The molecule has 0 saturated carbocycles. The lowest BCUT2D eigenvalue weighted by Gasteiger charge is -2.24. The van der Waals surface area contributed by atoms with Gasteiger partial charge in [0.2, 0.25) is 23.6 Å². The molecule has 0 saturated heterocycles. The van der Waals surface area contributed by atoms with E-state index in [9.17, 15) is 29.1 Å². The van der Waals surface area contributed by atoms with Crippen LogP contribution in [0, 0.1) is 0 Å². The van der Waals surface area contributed by atoms with Gasteiger partial charge in [-0.1, -0.05) is 36.8 Å². The zero-order valence-electron chi connectivity index (χ0n) is 19.3. The van der Waals surface area contributed by atoms with Crippen LogP contribution >= 0.6 is 0 Å². The summed E-state index contributed by atoms with van der Waals surface area (Å²) >= 11 is 0. The Morgan fingerprint density at radius 3 is 1.97 bits per heavy atom. The van der Waals surface area contributed by atoms with E-state index in [0.29, 0.717) is 31.4 Å². The largest absolute Gasteiger partial charge is 0.480 e. The van der Waals surface area contributed by atoms with Crippen molar-refractivity contribution in [2.45, 2.75) is 56.3 Å². The van der Waals surface area contributed by atoms with Crippen LogP contribution in [0.4, 0.5) is 0 Å². The second-order valence-corrected chi connectivity index (χ2v) is 7.96. The van der Waals surface area contributed by atoms with Gasteiger partial charge in [0, 0.05) is 6.42 Å². The predicted molar refractivity (Wildman–Crippen MR) is 125 cm³/mol. The van der Waals surface area contributed by atoms with Crippen molar-refractivity contribution in [1.82, 2.24) is 16.0 Å². The van der Waals surface area contributed by atoms with E-state index in [1.807, 2.05) is 5.32 Å². The average Bonchev–Trinajstić information content (AvgIpc) is 2.81. The van der Waals surface area contributed by atoms with Crippen molar-refractivity contribution in [3.05, 3.63) is 35.9 Å². The van der Waals surface area contributed by atoms with Crippen molar-refractivity contribution in [3.8, 4) is 0 Å². The van der Waals surface area contributed by atoms with Gasteiger partial charge in [0.15, 0.2) is 0 Å². The minimum atomic E-state index is -1.64. The number of aliphatic hydroxyl groups is 1. The Labute approximate surface area is 202 Å². The number of aliphatic carboxylic acids is 1. The number of nitrogens with one attached hydrogen (secondary N) is 3. The standard InChI is InChI=1S/C22H34N6O7/c23-9-5-4-8-14(24)19(31)26-15(10-13-6-2-1-3-7-13)20(32)28-17(12-29)21(33)27-16(22(34)35)11-18(25)30/h1-3,6-7,14-17,29H,4-5,8-12,23-24H2,(H2,25,30)(H,26,31)(H,27,33)(H,28,32)(H,34,35). The molecule has 13 nitrogen and oxygen atoms in total. The highest BCUT2D eigenvalue weighted by molar-refractivity contribution is 5.95. The lowest BCUT2D eigenvalue weighted by Crippen LogP contribution is -2.58. The van der Waals surface area contributed by atoms with Crippen LogP contribution in [0.3, 0.4) is 0 Å². The number of primary amides is 1. The number of carbonyl (C=O) groups is 5. The molecule has 0 radical (unpaired) electrons. The quantitative estimate of drug-likeness (QED) is 0.110. The SMILES string of the molecule is NCCCCC(N)C(=O)NC(Cc1ccccc1)C(=O)NC(CO)C(=O)NC(CC(N)=O)C(=O)O. The van der Waals surface area contributed by atoms with Gasteiger partial charge in [-0.25, -0.2) is 4.79 Å². The number of carbonyl (C=O) groups excluding carboxylic acids is 4. The molecule has 0 aliphatic rings. The summed E-state index contributed by atoms with van der Waals surface area (Å²) in [5, 5.41) is 25.7. The molecule has 0 fully saturated rings. The fraction of sp³-hybridized carbons (Fsp3) is 0.500. The summed E-state index contributed by atoms with van der Waals surface area (Å²) in [5.74, 6) is -4.89. The third-order valence-electron chi connectivity index (χ3n) is 5.06. The van der Waals surface area contributed by atoms with Crippen LogP contribution in [0.2, 0.25) is 0 Å². The lowest BCUT2D eigenvalue weighted by molar-refractivity contribution is -0.144. The highest BCUT2D eigenvalue weighted by Gasteiger charge is 2.30. The maximum atomic E-state index is 13.0. The first-order chi connectivity index (χ1) is 16.6. The van der Waals surface area contributed by atoms with Gasteiger partial charge in [-0.15, -0.1) is 0 Å². The van der Waals surface area contributed by atoms with Gasteiger partial charge >= 0.3 is 5.97 Å². The normalized spacial score (nSPS) is 14.1. The predicted octanol–water partition coefficient (Wildman–Crippen LogP) is -2.91. The first kappa shape index (κ1) is 29.5. The van der Waals surface area contributed by atoms with Crippen molar-refractivity contribution in [2.24, 2.45) is 17.2 Å². The van der Waals surface area contributed by atoms with E-state index in [1.54, 1.807) is 30.3 Å². The molecule has 0 aromatic heterocycles. The van der Waals surface area contributed by atoms with Crippen LogP contribution in [0.1, 0.15) is 31.2 Å². The van der Waals surface area contributed by atoms with Gasteiger partial charge in [0.1, 0.15) is 18.1 Å². The summed E-state index contributed by atoms with van der Waals surface area (Å²) < 4.78 is 0. The van der Waals surface area contributed by atoms with Crippen molar-refractivity contribution >= 4 is 29.6 Å². The number of carboxylic acids is 1. The summed E-state index contributed by atoms with van der Waals surface area (Å²) in [7, 11) is 0. The minimum Gasteiger partial charge on any atom is -0.480 e. The zero-order valence-corrected chi connectivity index (χ0v) is 19.3. The van der Waals surface area contributed by atoms with E-state index in [2.05, 4.69) is 10.6 Å². The van der Waals surface area contributed by atoms with Crippen LogP contribution in [-0.2, 0) is 30.4 Å². The molecule has 11 N–H and O–H groups in total. The maximum Gasteiger partial charge on any atom is 0.326 e. The molecule has 0 aliphatic carbocycles. The molecule has 1 rings (SSSR count). The van der Waals surface area contributed by atoms with Crippen LogP contribution in [0.25, 0.3) is 0 Å². The smallest absolute Gasteiger partial charge is 0.326 e. The molecule has 4 amide bonds. The lowest BCUT2D eigenvalue weighted by atomic mass is 10.0. The van der Waals surface area contributed by atoms with Crippen LogP contribution in [-0.4, -0.2) is 77.1 Å². The van der Waals surface area contributed by atoms with Gasteiger partial charge in [-0.2, -0.15) is 0 Å². The Bertz CT molecular complexity index is 867. The topological polar surface area (TPSA) is 240 Å². The van der Waals surface area contributed by atoms with E-state index in [-0.39, 0.29) is 6.42 Å². The first-order valence-electron chi connectivity index (χ1n) is 11.1. The fourth-order valence-electron chi connectivity index (χ4n) is 3.12. The third kappa shape index (κ3) is 10.9. The van der Waals surface area contributed by atoms with E-state index in [1.165, 1.54) is 0 Å². The molecule has 0 heterocycles. The number of amides is 4. The maximum absolute atomic E-state index is 13.0. The molecule has 4 unspecified atom stereocenters. The molecule has 0 aliphatic heterocycles. The van der Waals surface area contributed by atoms with Crippen molar-refractivity contribution in [2.75, 3.05) is 13.2 Å². The number of aliphatic hydroxyl groups excluding tert-OH is 1. The van der Waals surface area contributed by atoms with Gasteiger partial charge in [-0.3, -0.25) is 19.2 Å². The molecular weight excluding hydrogens is 460 g/mol. The highest BCUT2D eigenvalue weighted by atomic mass is 16.4. The molecule has 194 valence electrons. The second-order valence-electron chi connectivity index (χ2n) is 7.96. The number of hydrogen-bond acceptors (Lipinski definition) is 8. The molecule has 1 aromatic carbocycles. The first-order valence-corrected chi connectivity index (χ1v) is 11.1. The Kier molecular flexibility index (Phi) is 12.9. The van der Waals surface area contributed by atoms with Gasteiger partial charge in [0.05, 0.1) is 19.1 Å². The molecule has 4 atom stereocenters. The number of nitrogens with two attached hydrogens (primary N) is 3. The Balaban J connectivity index is 2.95. The molecule has 0 bridgehead atoms. The van der Waals surface area contributed by atoms with Gasteiger partial charge < -0.3 is 43.4 Å². The van der Waals surface area contributed by atoms with Crippen molar-refractivity contribution in [3.63, 3.8) is 0 Å². The fourth-order valence-corrected chi connectivity index (χ4v) is 3.12. The Morgan fingerprint density at radius 1 is 0.857 bits per heavy atom. The second kappa shape index (κ2) is 15.4. The van der Waals surface area contributed by atoms with Crippen molar-refractivity contribution in [1.29, 1.82) is 0 Å². The zero-order chi connectivity index (χ0) is 26.4. The summed E-state index contributed by atoms with van der Waals surface area (Å²) in [6.45, 7) is -0.411. The number of carboxylic acid groups (broad SMARTS) is 1. The molecule has 0 spiro atoms. The average molecular weight is 495 g/mol. The van der Waals surface area contributed by atoms with Gasteiger partial charge in [-0.05, 0) is 24.9 Å². The summed E-state index contributed by atoms with van der Waals surface area (Å²) in [4.78, 5) is 60.3. The van der Waals surface area contributed by atoms with Crippen LogP contribution in [0.15, 0.2) is 30.3 Å². The van der Waals surface area contributed by atoms with E-state index in [0.717, 1.165) is 0 Å². The Hall–Kier alpha value is -3.55. The van der Waals surface area contributed by atoms with Gasteiger partial charge in [0.25, 0.3) is 0 Å². The number of rotatable bonds is 16. The monoisotopic (exact) mass is 494 g/mol. The molecular formula is C22H34N6O7. The number of benzene rings is 1. The summed E-state index contributed by atoms with van der Waals surface area (Å²) in [6.07, 6.45) is 1.06. The molecule has 13 heteroatoms. The summed E-state index contributed by atoms with van der Waals surface area (Å²) in [6, 6.07) is 3.54. The molecule has 35 heavy (non-hydrogen) atoms. The van der Waals surface area contributed by atoms with Crippen molar-refractivity contribution < 1.29 is 34.2 Å². The Morgan fingerprint density at radius 2 is 1.43 bits per heavy atom. The number of hydrogen-bond donors (Lipinski definition) is 8.